The van der Waals surface area contributed by atoms with Crippen molar-refractivity contribution < 1.29 is 14.3 Å². The molecule has 0 bridgehead atoms. The van der Waals surface area contributed by atoms with Crippen molar-refractivity contribution in [1.29, 1.82) is 0 Å². The van der Waals surface area contributed by atoms with Gasteiger partial charge in [-0.2, -0.15) is 0 Å². The first-order chi connectivity index (χ1) is 16.0. The van der Waals surface area contributed by atoms with Crippen LogP contribution >= 0.6 is 11.8 Å². The number of methoxy groups -OCH3 is 1. The van der Waals surface area contributed by atoms with E-state index < -0.39 is 0 Å². The Balaban J connectivity index is 1.57. The van der Waals surface area contributed by atoms with Crippen LogP contribution in [0.15, 0.2) is 88.8 Å². The Morgan fingerprint density at radius 3 is 2.33 bits per heavy atom. The molecule has 1 heterocycles. The molecule has 33 heavy (non-hydrogen) atoms. The molecule has 0 saturated carbocycles. The molecular weight excluding hydrogens is 434 g/mol. The Labute approximate surface area is 198 Å². The number of para-hydroxylation sites is 1. The number of hydrogen-bond acceptors (Lipinski definition) is 6. The Kier molecular flexibility index (Phi) is 7.12. The van der Waals surface area contributed by atoms with Crippen LogP contribution in [0, 0.1) is 0 Å². The second-order valence-corrected chi connectivity index (χ2v) is 8.50. The van der Waals surface area contributed by atoms with E-state index in [2.05, 4.69) is 4.99 Å². The summed E-state index contributed by atoms with van der Waals surface area (Å²) in [6.45, 7) is 0.447. The third-order valence-corrected chi connectivity index (χ3v) is 5.85. The van der Waals surface area contributed by atoms with Crippen LogP contribution in [0.3, 0.4) is 0 Å². The van der Waals surface area contributed by atoms with Gasteiger partial charge in [0.25, 0.3) is 5.91 Å². The minimum absolute atomic E-state index is 0.122. The Bertz CT molecular complexity index is 1180. The summed E-state index contributed by atoms with van der Waals surface area (Å²) in [4.78, 5) is 18.3. The molecular formula is C26H25N3O3S. The Morgan fingerprint density at radius 1 is 0.970 bits per heavy atom. The molecule has 4 rings (SSSR count). The molecule has 6 nitrogen and oxygen atoms in total. The first-order valence-electron chi connectivity index (χ1n) is 10.4. The molecule has 0 spiro atoms. The average molecular weight is 460 g/mol. The van der Waals surface area contributed by atoms with E-state index in [1.807, 2.05) is 99.0 Å². The van der Waals surface area contributed by atoms with Crippen molar-refractivity contribution in [3.63, 3.8) is 0 Å². The maximum absolute atomic E-state index is 13.1. The monoisotopic (exact) mass is 459 g/mol. The molecule has 0 atom stereocenters. The summed E-state index contributed by atoms with van der Waals surface area (Å²) in [6, 6.07) is 25.2. The van der Waals surface area contributed by atoms with Gasteiger partial charge in [-0.05, 0) is 53.2 Å². The van der Waals surface area contributed by atoms with Gasteiger partial charge in [0, 0.05) is 14.1 Å². The summed E-state index contributed by atoms with van der Waals surface area (Å²) >= 11 is 1.34. The SMILES string of the molecule is COc1cc(C=C2SC(=Nc3ccccc3)N(N(C)C)C2=O)ccc1OCc1ccccc1. The molecule has 0 aliphatic carbocycles. The van der Waals surface area contributed by atoms with Gasteiger partial charge in [-0.15, -0.1) is 0 Å². The maximum Gasteiger partial charge on any atom is 0.281 e. The molecule has 0 unspecified atom stereocenters. The smallest absolute Gasteiger partial charge is 0.281 e. The van der Waals surface area contributed by atoms with Crippen molar-refractivity contribution in [3.8, 4) is 11.5 Å². The van der Waals surface area contributed by atoms with Crippen molar-refractivity contribution in [2.45, 2.75) is 6.61 Å². The highest BCUT2D eigenvalue weighted by atomic mass is 32.2. The van der Waals surface area contributed by atoms with E-state index in [4.69, 9.17) is 9.47 Å². The lowest BCUT2D eigenvalue weighted by molar-refractivity contribution is -0.130. The van der Waals surface area contributed by atoms with Crippen molar-refractivity contribution in [1.82, 2.24) is 10.0 Å². The minimum atomic E-state index is -0.122. The highest BCUT2D eigenvalue weighted by molar-refractivity contribution is 8.18. The minimum Gasteiger partial charge on any atom is -0.493 e. The molecule has 0 N–H and O–H groups in total. The molecule has 1 aliphatic heterocycles. The van der Waals surface area contributed by atoms with Gasteiger partial charge in [-0.25, -0.2) is 15.0 Å². The molecule has 1 saturated heterocycles. The summed E-state index contributed by atoms with van der Waals surface area (Å²) < 4.78 is 11.5. The number of hydrazine groups is 1. The molecule has 1 aliphatic rings. The topological polar surface area (TPSA) is 54.4 Å². The van der Waals surface area contributed by atoms with E-state index in [1.165, 1.54) is 11.8 Å². The fourth-order valence-corrected chi connectivity index (χ4v) is 4.33. The third-order valence-electron chi connectivity index (χ3n) is 4.89. The number of hydrogen-bond donors (Lipinski definition) is 0. The van der Waals surface area contributed by atoms with E-state index in [0.29, 0.717) is 28.2 Å². The van der Waals surface area contributed by atoms with E-state index in [9.17, 15) is 4.79 Å². The normalized spacial score (nSPS) is 16.1. The van der Waals surface area contributed by atoms with Crippen LogP contribution in [0.2, 0.25) is 0 Å². The van der Waals surface area contributed by atoms with Crippen LogP contribution in [0.1, 0.15) is 11.1 Å². The zero-order valence-electron chi connectivity index (χ0n) is 18.8. The van der Waals surface area contributed by atoms with Crippen molar-refractivity contribution >= 4 is 34.6 Å². The van der Waals surface area contributed by atoms with Crippen molar-refractivity contribution in [3.05, 3.63) is 94.9 Å². The van der Waals surface area contributed by atoms with Gasteiger partial charge < -0.3 is 9.47 Å². The molecule has 3 aromatic rings. The van der Waals surface area contributed by atoms with E-state index in [0.717, 1.165) is 16.8 Å². The number of carbonyl (C=O) groups is 1. The molecule has 168 valence electrons. The Hall–Kier alpha value is -3.55. The van der Waals surface area contributed by atoms with Gasteiger partial charge in [-0.3, -0.25) is 4.79 Å². The number of nitrogens with zero attached hydrogens (tertiary/aromatic N) is 3. The van der Waals surface area contributed by atoms with Crippen LogP contribution in [-0.4, -0.2) is 42.3 Å². The zero-order valence-corrected chi connectivity index (χ0v) is 19.6. The fraction of sp³-hybridized carbons (Fsp3) is 0.154. The molecule has 0 radical (unpaired) electrons. The van der Waals surface area contributed by atoms with Gasteiger partial charge in [0.1, 0.15) is 6.61 Å². The molecule has 3 aromatic carbocycles. The lowest BCUT2D eigenvalue weighted by atomic mass is 10.2. The summed E-state index contributed by atoms with van der Waals surface area (Å²) in [5.41, 5.74) is 2.71. The predicted octanol–water partition coefficient (Wildman–Crippen LogP) is 5.35. The number of carbonyl (C=O) groups excluding carboxylic acids is 1. The van der Waals surface area contributed by atoms with Gasteiger partial charge in [-0.1, -0.05) is 54.6 Å². The average Bonchev–Trinajstić information content (AvgIpc) is 3.13. The number of ether oxygens (including phenoxy) is 2. The van der Waals surface area contributed by atoms with Crippen LogP contribution in [0.25, 0.3) is 6.08 Å². The summed E-state index contributed by atoms with van der Waals surface area (Å²) in [7, 11) is 5.25. The number of aliphatic imine (C=N–C) groups is 1. The van der Waals surface area contributed by atoms with Gasteiger partial charge in [0.15, 0.2) is 16.7 Å². The molecule has 7 heteroatoms. The molecule has 1 fully saturated rings. The number of amides is 1. The fourth-order valence-electron chi connectivity index (χ4n) is 3.28. The Morgan fingerprint density at radius 2 is 1.67 bits per heavy atom. The van der Waals surface area contributed by atoms with Crippen LogP contribution in [-0.2, 0) is 11.4 Å². The van der Waals surface area contributed by atoms with Crippen LogP contribution in [0.5, 0.6) is 11.5 Å². The number of rotatable bonds is 7. The number of benzene rings is 3. The predicted molar refractivity (Wildman–Crippen MR) is 133 cm³/mol. The molecule has 0 aromatic heterocycles. The summed E-state index contributed by atoms with van der Waals surface area (Å²) in [6.07, 6.45) is 1.85. The first kappa shape index (κ1) is 22.6. The maximum atomic E-state index is 13.1. The van der Waals surface area contributed by atoms with E-state index in [-0.39, 0.29) is 5.91 Å². The summed E-state index contributed by atoms with van der Waals surface area (Å²) in [5, 5.41) is 3.91. The molecule has 1 amide bonds. The van der Waals surface area contributed by atoms with Gasteiger partial charge >= 0.3 is 0 Å². The van der Waals surface area contributed by atoms with Crippen molar-refractivity contribution in [2.75, 3.05) is 21.2 Å². The largest absolute Gasteiger partial charge is 0.493 e. The van der Waals surface area contributed by atoms with E-state index >= 15 is 0 Å². The lowest BCUT2D eigenvalue weighted by Crippen LogP contribution is -2.40. The zero-order chi connectivity index (χ0) is 23.2. The summed E-state index contributed by atoms with van der Waals surface area (Å²) in [5.74, 6) is 1.14. The first-order valence-corrected chi connectivity index (χ1v) is 11.3. The standard InChI is InChI=1S/C26H25N3O3S/c1-28(2)29-25(30)24(33-26(29)27-21-12-8-5-9-13-21)17-20-14-15-22(23(16-20)31-3)32-18-19-10-6-4-7-11-19/h4-17H,18H2,1-3H3. The van der Waals surface area contributed by atoms with E-state index in [1.54, 1.807) is 17.1 Å². The van der Waals surface area contributed by atoms with Crippen LogP contribution < -0.4 is 9.47 Å². The second-order valence-electron chi connectivity index (χ2n) is 7.49. The quantitative estimate of drug-likeness (QED) is 0.446. The highest BCUT2D eigenvalue weighted by Crippen LogP contribution is 2.36. The second kappa shape index (κ2) is 10.4. The van der Waals surface area contributed by atoms with Gasteiger partial charge in [0.2, 0.25) is 0 Å². The highest BCUT2D eigenvalue weighted by Gasteiger charge is 2.35. The number of thioether (sulfide) groups is 1. The number of amidine groups is 1. The van der Waals surface area contributed by atoms with Crippen molar-refractivity contribution in [2.24, 2.45) is 4.99 Å². The lowest BCUT2D eigenvalue weighted by Gasteiger charge is -2.22. The third kappa shape index (κ3) is 5.45. The van der Waals surface area contributed by atoms with Gasteiger partial charge in [0.05, 0.1) is 17.7 Å². The van der Waals surface area contributed by atoms with Crippen LogP contribution in [0.4, 0.5) is 5.69 Å².